The van der Waals surface area contributed by atoms with Gasteiger partial charge in [-0.15, -0.1) is 0 Å². The number of ether oxygens (including phenoxy) is 1. The van der Waals surface area contributed by atoms with Crippen LogP contribution in [0.5, 0.6) is 11.6 Å². The number of benzene rings is 3. The van der Waals surface area contributed by atoms with Crippen LogP contribution in [0.1, 0.15) is 28.8 Å². The van der Waals surface area contributed by atoms with Gasteiger partial charge in [-0.1, -0.05) is 42.5 Å². The monoisotopic (exact) mass is 574 g/mol. The van der Waals surface area contributed by atoms with E-state index < -0.39 is 6.09 Å². The van der Waals surface area contributed by atoms with E-state index in [4.69, 9.17) is 9.72 Å². The van der Waals surface area contributed by atoms with Gasteiger partial charge in [-0.3, -0.25) is 4.79 Å². The van der Waals surface area contributed by atoms with Crippen LogP contribution in [-0.2, 0) is 0 Å². The summed E-state index contributed by atoms with van der Waals surface area (Å²) in [7, 11) is 0. The van der Waals surface area contributed by atoms with Crippen LogP contribution < -0.4 is 15.4 Å². The maximum absolute atomic E-state index is 12.9. The predicted octanol–water partition coefficient (Wildman–Crippen LogP) is 6.60. The standard InChI is InChI=1S/C33H30N6O4/c1-21-14-15-24-25(11-5-13-27(24)37-30(40)22-8-3-2-4-9-22)29(21)43-31-26(12-6-17-34-31)28-16-18-35-32(38-28)36-23-10-7-19-39(20-23)33(41)42/h2-6,8-9,11-18,23H,7,10,19-20H2,1H3,(H,37,40)(H,41,42)(H,35,36,38)/t23-/m0/s1. The number of nitrogens with one attached hydrogen (secondary N) is 2. The van der Waals surface area contributed by atoms with Crippen molar-refractivity contribution >= 4 is 34.4 Å². The molecule has 3 aromatic carbocycles. The van der Waals surface area contributed by atoms with Crippen molar-refractivity contribution in [2.45, 2.75) is 25.8 Å². The van der Waals surface area contributed by atoms with Gasteiger partial charge in [0.15, 0.2) is 0 Å². The SMILES string of the molecule is Cc1ccc2c(NC(=O)c3ccccc3)cccc2c1Oc1ncccc1-c1ccnc(N[C@H]2CCCN(C(=O)O)C2)n1. The van der Waals surface area contributed by atoms with Crippen LogP contribution in [0.25, 0.3) is 22.0 Å². The lowest BCUT2D eigenvalue weighted by Gasteiger charge is -2.31. The molecule has 10 nitrogen and oxygen atoms in total. The molecule has 3 N–H and O–H groups in total. The summed E-state index contributed by atoms with van der Waals surface area (Å²) in [4.78, 5) is 39.4. The van der Waals surface area contributed by atoms with Gasteiger partial charge in [-0.25, -0.2) is 19.7 Å². The first-order valence-corrected chi connectivity index (χ1v) is 14.1. The lowest BCUT2D eigenvalue weighted by Crippen LogP contribution is -2.44. The summed E-state index contributed by atoms with van der Waals surface area (Å²) in [6.45, 7) is 2.86. The summed E-state index contributed by atoms with van der Waals surface area (Å²) in [5.74, 6) is 1.21. The molecule has 0 saturated carbocycles. The maximum Gasteiger partial charge on any atom is 0.407 e. The second-order valence-corrected chi connectivity index (χ2v) is 10.4. The van der Waals surface area contributed by atoms with Gasteiger partial charge in [0.05, 0.1) is 11.3 Å². The Morgan fingerprint density at radius 2 is 1.79 bits per heavy atom. The quantitative estimate of drug-likeness (QED) is 0.198. The number of carboxylic acid groups (broad SMARTS) is 1. The first-order valence-electron chi connectivity index (χ1n) is 14.1. The highest BCUT2D eigenvalue weighted by molar-refractivity contribution is 6.10. The Labute approximate surface area is 248 Å². The number of nitrogens with zero attached hydrogens (tertiary/aromatic N) is 4. The van der Waals surface area contributed by atoms with E-state index in [9.17, 15) is 14.7 Å². The number of aromatic nitrogens is 3. The van der Waals surface area contributed by atoms with Gasteiger partial charge >= 0.3 is 6.09 Å². The molecular formula is C33H30N6O4. The fraction of sp³-hybridized carbons (Fsp3) is 0.182. The molecule has 43 heavy (non-hydrogen) atoms. The van der Waals surface area contributed by atoms with Crippen molar-refractivity contribution in [2.75, 3.05) is 23.7 Å². The highest BCUT2D eigenvalue weighted by Gasteiger charge is 2.24. The Morgan fingerprint density at radius 1 is 0.930 bits per heavy atom. The number of piperidine rings is 1. The molecule has 0 bridgehead atoms. The van der Waals surface area contributed by atoms with Gasteiger partial charge in [0.25, 0.3) is 5.91 Å². The number of pyridine rings is 1. The maximum atomic E-state index is 12.9. The number of carbonyl (C=O) groups excluding carboxylic acids is 1. The summed E-state index contributed by atoms with van der Waals surface area (Å²) in [5, 5.41) is 17.4. The van der Waals surface area contributed by atoms with Crippen LogP contribution in [0.3, 0.4) is 0 Å². The van der Waals surface area contributed by atoms with Crippen LogP contribution in [0.4, 0.5) is 16.4 Å². The van der Waals surface area contributed by atoms with Gasteiger partial charge in [0.2, 0.25) is 11.8 Å². The minimum Gasteiger partial charge on any atom is -0.465 e. The molecule has 0 aliphatic carbocycles. The molecule has 0 radical (unpaired) electrons. The highest BCUT2D eigenvalue weighted by Crippen LogP contribution is 2.38. The minimum absolute atomic E-state index is 0.0837. The first kappa shape index (κ1) is 27.6. The molecule has 0 spiro atoms. The molecule has 2 amide bonds. The number of carbonyl (C=O) groups is 2. The van der Waals surface area contributed by atoms with Crippen LogP contribution in [0, 0.1) is 6.92 Å². The van der Waals surface area contributed by atoms with Crippen LogP contribution in [0.15, 0.2) is 91.3 Å². The molecule has 1 aliphatic heterocycles. The van der Waals surface area contributed by atoms with Crippen molar-refractivity contribution < 1.29 is 19.4 Å². The molecule has 5 aromatic rings. The second kappa shape index (κ2) is 12.2. The second-order valence-electron chi connectivity index (χ2n) is 10.4. The zero-order chi connectivity index (χ0) is 29.8. The lowest BCUT2D eigenvalue weighted by molar-refractivity contribution is 0.102. The zero-order valence-corrected chi connectivity index (χ0v) is 23.5. The Bertz CT molecular complexity index is 1800. The van der Waals surface area contributed by atoms with Gasteiger partial charge in [0, 0.05) is 53.5 Å². The van der Waals surface area contributed by atoms with Crippen molar-refractivity contribution in [3.8, 4) is 22.9 Å². The summed E-state index contributed by atoms with van der Waals surface area (Å²) in [5.41, 5.74) is 3.44. The zero-order valence-electron chi connectivity index (χ0n) is 23.5. The molecule has 1 fully saturated rings. The molecule has 10 heteroatoms. The van der Waals surface area contributed by atoms with Crippen molar-refractivity contribution in [3.05, 3.63) is 102 Å². The minimum atomic E-state index is -0.923. The largest absolute Gasteiger partial charge is 0.465 e. The van der Waals surface area contributed by atoms with Crippen molar-refractivity contribution in [3.63, 3.8) is 0 Å². The molecule has 1 aliphatic rings. The van der Waals surface area contributed by atoms with E-state index in [1.165, 1.54) is 4.90 Å². The smallest absolute Gasteiger partial charge is 0.407 e. The third kappa shape index (κ3) is 6.08. The van der Waals surface area contributed by atoms with E-state index >= 15 is 0 Å². The summed E-state index contributed by atoms with van der Waals surface area (Å²) >= 11 is 0. The van der Waals surface area contributed by atoms with Crippen LogP contribution in [0.2, 0.25) is 0 Å². The number of hydrogen-bond donors (Lipinski definition) is 3. The van der Waals surface area contributed by atoms with Crippen molar-refractivity contribution in [1.82, 2.24) is 19.9 Å². The average molecular weight is 575 g/mol. The van der Waals surface area contributed by atoms with E-state index in [1.54, 1.807) is 30.6 Å². The van der Waals surface area contributed by atoms with Crippen molar-refractivity contribution in [2.24, 2.45) is 0 Å². The first-order chi connectivity index (χ1) is 21.0. The number of rotatable bonds is 7. The average Bonchev–Trinajstić information content (AvgIpc) is 3.03. The van der Waals surface area contributed by atoms with Crippen LogP contribution >= 0.6 is 0 Å². The van der Waals surface area contributed by atoms with E-state index in [0.717, 1.165) is 29.2 Å². The van der Waals surface area contributed by atoms with Gasteiger partial charge in [0.1, 0.15) is 5.75 Å². The van der Waals surface area contributed by atoms with E-state index in [1.807, 2.05) is 67.6 Å². The molecule has 2 aromatic heterocycles. The number of amides is 2. The summed E-state index contributed by atoms with van der Waals surface area (Å²) in [6, 6.07) is 24.1. The molecule has 6 rings (SSSR count). The molecular weight excluding hydrogens is 544 g/mol. The lowest BCUT2D eigenvalue weighted by atomic mass is 10.0. The van der Waals surface area contributed by atoms with Crippen LogP contribution in [-0.4, -0.2) is 56.1 Å². The predicted molar refractivity (Wildman–Crippen MR) is 165 cm³/mol. The Balaban J connectivity index is 1.29. The number of anilines is 2. The summed E-state index contributed by atoms with van der Waals surface area (Å²) < 4.78 is 6.51. The Morgan fingerprint density at radius 3 is 2.63 bits per heavy atom. The van der Waals surface area contributed by atoms with E-state index in [-0.39, 0.29) is 11.9 Å². The van der Waals surface area contributed by atoms with Gasteiger partial charge in [-0.05, 0) is 61.7 Å². The Kier molecular flexibility index (Phi) is 7.82. The molecule has 216 valence electrons. The molecule has 1 atom stereocenters. The number of hydrogen-bond acceptors (Lipinski definition) is 7. The van der Waals surface area contributed by atoms with Gasteiger partial charge < -0.3 is 25.4 Å². The fourth-order valence-electron chi connectivity index (χ4n) is 5.26. The number of likely N-dealkylation sites (tertiary alicyclic amines) is 1. The van der Waals surface area contributed by atoms with E-state index in [2.05, 4.69) is 20.6 Å². The molecule has 1 saturated heterocycles. The fourth-order valence-corrected chi connectivity index (χ4v) is 5.26. The summed E-state index contributed by atoms with van der Waals surface area (Å²) in [6.07, 6.45) is 3.99. The normalized spacial score (nSPS) is 14.7. The highest BCUT2D eigenvalue weighted by atomic mass is 16.5. The molecule has 0 unspecified atom stereocenters. The Hall–Kier alpha value is -5.51. The van der Waals surface area contributed by atoms with Gasteiger partial charge in [-0.2, -0.15) is 0 Å². The molecule has 3 heterocycles. The number of fused-ring (bicyclic) bond motifs is 1. The van der Waals surface area contributed by atoms with Crippen molar-refractivity contribution in [1.29, 1.82) is 0 Å². The number of aryl methyl sites for hydroxylation is 1. The third-order valence-corrected chi connectivity index (χ3v) is 7.42. The third-order valence-electron chi connectivity index (χ3n) is 7.42. The van der Waals surface area contributed by atoms with E-state index in [0.29, 0.717) is 53.2 Å². The topological polar surface area (TPSA) is 130 Å².